The van der Waals surface area contributed by atoms with Crippen LogP contribution in [0.15, 0.2) is 44.0 Å². The normalized spacial score (nSPS) is 13.6. The molecular weight excluding hydrogens is 453 g/mol. The predicted molar refractivity (Wildman–Crippen MR) is 112 cm³/mol. The molecule has 0 aliphatic carbocycles. The molecule has 0 atom stereocenters. The van der Waals surface area contributed by atoms with Crippen LogP contribution >= 0.6 is 39.1 Å². The SMILES string of the molecule is CCCc1cc(=O)oc2c3c(c(Cl)cc12)OCN(c1ccc(Br)cc1Cl)C3. The highest BCUT2D eigenvalue weighted by Gasteiger charge is 2.26. The highest BCUT2D eigenvalue weighted by molar-refractivity contribution is 9.10. The van der Waals surface area contributed by atoms with Crippen LogP contribution in [0.2, 0.25) is 10.0 Å². The smallest absolute Gasteiger partial charge is 0.336 e. The highest BCUT2D eigenvalue weighted by atomic mass is 79.9. The van der Waals surface area contributed by atoms with E-state index < -0.39 is 0 Å². The molecule has 0 fully saturated rings. The van der Waals surface area contributed by atoms with Gasteiger partial charge in [-0.3, -0.25) is 0 Å². The first-order chi connectivity index (χ1) is 13.0. The van der Waals surface area contributed by atoms with E-state index in [0.717, 1.165) is 39.5 Å². The van der Waals surface area contributed by atoms with Crippen molar-refractivity contribution >= 4 is 55.8 Å². The summed E-state index contributed by atoms with van der Waals surface area (Å²) in [7, 11) is 0. The summed E-state index contributed by atoms with van der Waals surface area (Å²) in [6, 6.07) is 9.05. The van der Waals surface area contributed by atoms with Gasteiger partial charge in [0.1, 0.15) is 11.3 Å². The van der Waals surface area contributed by atoms with Crippen LogP contribution in [0.3, 0.4) is 0 Å². The minimum Gasteiger partial charge on any atom is -0.471 e. The maximum absolute atomic E-state index is 12.1. The van der Waals surface area contributed by atoms with Crippen LogP contribution in [0.4, 0.5) is 5.69 Å². The van der Waals surface area contributed by atoms with E-state index in [9.17, 15) is 4.79 Å². The molecule has 0 spiro atoms. The lowest BCUT2D eigenvalue weighted by Gasteiger charge is -2.32. The minimum absolute atomic E-state index is 0.304. The number of halogens is 3. The van der Waals surface area contributed by atoms with E-state index in [1.807, 2.05) is 29.2 Å². The summed E-state index contributed by atoms with van der Waals surface area (Å²) in [6.45, 7) is 2.85. The molecule has 1 aromatic heterocycles. The molecule has 7 heteroatoms. The van der Waals surface area contributed by atoms with E-state index in [1.54, 1.807) is 6.07 Å². The van der Waals surface area contributed by atoms with Gasteiger partial charge in [0.05, 0.1) is 27.8 Å². The van der Waals surface area contributed by atoms with Crippen molar-refractivity contribution in [2.75, 3.05) is 11.6 Å². The first kappa shape index (κ1) is 18.7. The molecule has 0 radical (unpaired) electrons. The van der Waals surface area contributed by atoms with Crippen molar-refractivity contribution in [1.82, 2.24) is 0 Å². The van der Waals surface area contributed by atoms with E-state index in [1.165, 1.54) is 0 Å². The standard InChI is InChI=1S/C20H16BrCl2NO3/c1-2-3-11-6-18(25)27-19-13(11)8-16(23)20-14(19)9-24(10-26-20)17-5-4-12(21)7-15(17)22/h4-8H,2-3,9-10H2,1H3. The Hall–Kier alpha value is -1.69. The Labute approximate surface area is 174 Å². The largest absolute Gasteiger partial charge is 0.471 e. The summed E-state index contributed by atoms with van der Waals surface area (Å²) < 4.78 is 12.4. The number of ether oxygens (including phenoxy) is 1. The number of rotatable bonds is 3. The molecule has 0 saturated carbocycles. The van der Waals surface area contributed by atoms with Gasteiger partial charge in [0.25, 0.3) is 0 Å². The molecule has 4 nitrogen and oxygen atoms in total. The Bertz CT molecular complexity index is 1100. The lowest BCUT2D eigenvalue weighted by molar-refractivity contribution is 0.289. The monoisotopic (exact) mass is 467 g/mol. The van der Waals surface area contributed by atoms with Crippen LogP contribution in [0.5, 0.6) is 5.75 Å². The summed E-state index contributed by atoms with van der Waals surface area (Å²) in [6.07, 6.45) is 1.70. The highest BCUT2D eigenvalue weighted by Crippen LogP contribution is 2.41. The zero-order chi connectivity index (χ0) is 19.1. The molecule has 0 amide bonds. The molecule has 27 heavy (non-hydrogen) atoms. The number of anilines is 1. The van der Waals surface area contributed by atoms with Gasteiger partial charge in [0, 0.05) is 15.9 Å². The Morgan fingerprint density at radius 2 is 2.00 bits per heavy atom. The fourth-order valence-corrected chi connectivity index (χ4v) is 4.49. The van der Waals surface area contributed by atoms with Crippen molar-refractivity contribution in [3.8, 4) is 5.75 Å². The average Bonchev–Trinajstić information content (AvgIpc) is 2.63. The van der Waals surface area contributed by atoms with Gasteiger partial charge in [0.15, 0.2) is 6.73 Å². The van der Waals surface area contributed by atoms with Crippen molar-refractivity contribution in [2.24, 2.45) is 0 Å². The van der Waals surface area contributed by atoms with Gasteiger partial charge in [-0.25, -0.2) is 4.79 Å². The number of hydrogen-bond donors (Lipinski definition) is 0. The Morgan fingerprint density at radius 3 is 2.74 bits per heavy atom. The number of aryl methyl sites for hydroxylation is 1. The summed E-state index contributed by atoms with van der Waals surface area (Å²) >= 11 is 16.3. The molecule has 0 N–H and O–H groups in total. The first-order valence-electron chi connectivity index (χ1n) is 8.59. The fraction of sp³-hybridized carbons (Fsp3) is 0.250. The van der Waals surface area contributed by atoms with Gasteiger partial charge in [-0.15, -0.1) is 0 Å². The molecule has 3 aromatic rings. The van der Waals surface area contributed by atoms with Crippen molar-refractivity contribution in [2.45, 2.75) is 26.3 Å². The van der Waals surface area contributed by atoms with Gasteiger partial charge in [0.2, 0.25) is 0 Å². The second kappa shape index (κ2) is 7.38. The van der Waals surface area contributed by atoms with Crippen LogP contribution in [-0.4, -0.2) is 6.73 Å². The van der Waals surface area contributed by atoms with Crippen molar-refractivity contribution in [3.05, 3.63) is 66.4 Å². The van der Waals surface area contributed by atoms with E-state index in [0.29, 0.717) is 34.7 Å². The molecule has 0 saturated heterocycles. The van der Waals surface area contributed by atoms with Crippen LogP contribution in [0.1, 0.15) is 24.5 Å². The van der Waals surface area contributed by atoms with E-state index in [4.69, 9.17) is 32.4 Å². The molecule has 2 aromatic carbocycles. The zero-order valence-electron chi connectivity index (χ0n) is 14.5. The van der Waals surface area contributed by atoms with Crippen LogP contribution in [0.25, 0.3) is 11.0 Å². The summed E-state index contributed by atoms with van der Waals surface area (Å²) in [5, 5.41) is 1.98. The third-order valence-electron chi connectivity index (χ3n) is 4.60. The summed E-state index contributed by atoms with van der Waals surface area (Å²) in [5.41, 5.74) is 2.70. The third kappa shape index (κ3) is 3.44. The third-order valence-corrected chi connectivity index (χ3v) is 5.68. The Morgan fingerprint density at radius 1 is 1.19 bits per heavy atom. The lowest BCUT2D eigenvalue weighted by Crippen LogP contribution is -2.32. The quantitative estimate of drug-likeness (QED) is 0.431. The van der Waals surface area contributed by atoms with E-state index in [2.05, 4.69) is 22.9 Å². The summed E-state index contributed by atoms with van der Waals surface area (Å²) in [4.78, 5) is 14.1. The van der Waals surface area contributed by atoms with Crippen molar-refractivity contribution in [3.63, 3.8) is 0 Å². The fourth-order valence-electron chi connectivity index (χ4n) is 3.42. The first-order valence-corrected chi connectivity index (χ1v) is 10.1. The van der Waals surface area contributed by atoms with Crippen LogP contribution < -0.4 is 15.3 Å². The molecule has 1 aliphatic rings. The number of fused-ring (bicyclic) bond motifs is 3. The lowest BCUT2D eigenvalue weighted by atomic mass is 10.0. The van der Waals surface area contributed by atoms with Crippen molar-refractivity contribution in [1.29, 1.82) is 0 Å². The molecule has 0 unspecified atom stereocenters. The van der Waals surface area contributed by atoms with Crippen LogP contribution in [-0.2, 0) is 13.0 Å². The van der Waals surface area contributed by atoms with Gasteiger partial charge >= 0.3 is 5.63 Å². The molecule has 2 heterocycles. The summed E-state index contributed by atoms with van der Waals surface area (Å²) in [5.74, 6) is 0.561. The average molecular weight is 469 g/mol. The Balaban J connectivity index is 1.87. The number of benzene rings is 2. The maximum atomic E-state index is 12.1. The van der Waals surface area contributed by atoms with Gasteiger partial charge < -0.3 is 14.1 Å². The molecule has 4 rings (SSSR count). The second-order valence-corrected chi connectivity index (χ2v) is 8.18. The number of hydrogen-bond acceptors (Lipinski definition) is 4. The Kier molecular flexibility index (Phi) is 5.10. The van der Waals surface area contributed by atoms with Gasteiger partial charge in [-0.05, 0) is 36.2 Å². The minimum atomic E-state index is -0.366. The maximum Gasteiger partial charge on any atom is 0.336 e. The molecule has 1 aliphatic heterocycles. The van der Waals surface area contributed by atoms with Crippen molar-refractivity contribution < 1.29 is 9.15 Å². The molecule has 0 bridgehead atoms. The topological polar surface area (TPSA) is 42.7 Å². The van der Waals surface area contributed by atoms with E-state index >= 15 is 0 Å². The van der Waals surface area contributed by atoms with Gasteiger partial charge in [-0.1, -0.05) is 52.5 Å². The molecular formula is C20H16BrCl2NO3. The molecule has 140 valence electrons. The van der Waals surface area contributed by atoms with Crippen LogP contribution in [0, 0.1) is 0 Å². The zero-order valence-corrected chi connectivity index (χ0v) is 17.6. The number of nitrogens with zero attached hydrogens (tertiary/aromatic N) is 1. The second-order valence-electron chi connectivity index (χ2n) is 6.45. The van der Waals surface area contributed by atoms with Gasteiger partial charge in [-0.2, -0.15) is 0 Å². The van der Waals surface area contributed by atoms with E-state index in [-0.39, 0.29) is 5.63 Å². The predicted octanol–water partition coefficient (Wildman–Crippen LogP) is 6.17.